The molecule has 0 radical (unpaired) electrons. The van der Waals surface area contributed by atoms with Crippen LogP contribution in [-0.4, -0.2) is 38.7 Å². The zero-order valence-corrected chi connectivity index (χ0v) is 11.3. The van der Waals surface area contributed by atoms with Crippen LogP contribution < -0.4 is 0 Å². The minimum Gasteiger partial charge on any atom is -0.462 e. The minimum absolute atomic E-state index is 0.0574. The second-order valence-electron chi connectivity index (χ2n) is 3.94. The van der Waals surface area contributed by atoms with Crippen molar-refractivity contribution < 1.29 is 27.9 Å². The van der Waals surface area contributed by atoms with Gasteiger partial charge in [0.15, 0.2) is 0 Å². The lowest BCUT2D eigenvalue weighted by Crippen LogP contribution is -2.16. The SMILES string of the molecule is COP(=O)(CO[C@@H]1CC[C@H](OC(C)=O)C1)OC. The predicted octanol–water partition coefficient (Wildman–Crippen LogP) is 1.93. The lowest BCUT2D eigenvalue weighted by molar-refractivity contribution is -0.146. The summed E-state index contributed by atoms with van der Waals surface area (Å²) in [5.41, 5.74) is 0. The molecule has 2 atom stereocenters. The van der Waals surface area contributed by atoms with Gasteiger partial charge in [-0.15, -0.1) is 0 Å². The van der Waals surface area contributed by atoms with Crippen LogP contribution in [0.15, 0.2) is 0 Å². The van der Waals surface area contributed by atoms with Crippen molar-refractivity contribution in [1.82, 2.24) is 0 Å². The maximum atomic E-state index is 11.7. The second-order valence-corrected chi connectivity index (χ2v) is 6.15. The highest BCUT2D eigenvalue weighted by atomic mass is 31.2. The first-order valence-corrected chi connectivity index (χ1v) is 7.21. The van der Waals surface area contributed by atoms with Crippen LogP contribution in [0.25, 0.3) is 0 Å². The van der Waals surface area contributed by atoms with Gasteiger partial charge in [0.1, 0.15) is 12.5 Å². The Morgan fingerprint density at radius 2 is 1.82 bits per heavy atom. The van der Waals surface area contributed by atoms with Crippen molar-refractivity contribution in [3.8, 4) is 0 Å². The van der Waals surface area contributed by atoms with E-state index in [2.05, 4.69) is 0 Å². The van der Waals surface area contributed by atoms with Gasteiger partial charge in [-0.05, 0) is 12.8 Å². The fraction of sp³-hybridized carbons (Fsp3) is 0.900. The topological polar surface area (TPSA) is 71.1 Å². The number of ether oxygens (including phenoxy) is 2. The van der Waals surface area contributed by atoms with E-state index in [-0.39, 0.29) is 24.5 Å². The van der Waals surface area contributed by atoms with Crippen LogP contribution >= 0.6 is 7.60 Å². The van der Waals surface area contributed by atoms with Crippen LogP contribution in [0.3, 0.4) is 0 Å². The molecule has 0 aromatic rings. The molecule has 0 saturated heterocycles. The lowest BCUT2D eigenvalue weighted by Gasteiger charge is -2.17. The third kappa shape index (κ3) is 4.76. The van der Waals surface area contributed by atoms with Gasteiger partial charge in [-0.1, -0.05) is 0 Å². The molecule has 0 unspecified atom stereocenters. The van der Waals surface area contributed by atoms with E-state index in [4.69, 9.17) is 18.5 Å². The third-order valence-electron chi connectivity index (χ3n) is 2.69. The summed E-state index contributed by atoms with van der Waals surface area (Å²) in [6.07, 6.45) is 1.96. The number of esters is 1. The molecule has 1 saturated carbocycles. The van der Waals surface area contributed by atoms with Crippen molar-refractivity contribution in [3.05, 3.63) is 0 Å². The van der Waals surface area contributed by atoms with Gasteiger partial charge in [0.25, 0.3) is 0 Å². The molecule has 0 bridgehead atoms. The quantitative estimate of drug-likeness (QED) is 0.540. The monoisotopic (exact) mass is 266 g/mol. The Morgan fingerprint density at radius 1 is 1.24 bits per heavy atom. The molecule has 0 spiro atoms. The zero-order chi connectivity index (χ0) is 12.9. The third-order valence-corrected chi connectivity index (χ3v) is 4.27. The summed E-state index contributed by atoms with van der Waals surface area (Å²) in [5, 5.41) is 0. The Kier molecular flexibility index (Phi) is 5.59. The average molecular weight is 266 g/mol. The van der Waals surface area contributed by atoms with Crippen molar-refractivity contribution in [2.24, 2.45) is 0 Å². The average Bonchev–Trinajstić information content (AvgIpc) is 2.73. The van der Waals surface area contributed by atoms with E-state index in [1.807, 2.05) is 0 Å². The fourth-order valence-electron chi connectivity index (χ4n) is 1.77. The summed E-state index contributed by atoms with van der Waals surface area (Å²) in [7, 11) is -0.464. The number of rotatable bonds is 6. The van der Waals surface area contributed by atoms with Gasteiger partial charge in [-0.25, -0.2) is 0 Å². The molecule has 1 aliphatic carbocycles. The van der Waals surface area contributed by atoms with E-state index in [1.54, 1.807) is 0 Å². The van der Waals surface area contributed by atoms with E-state index in [9.17, 15) is 9.36 Å². The highest BCUT2D eigenvalue weighted by Gasteiger charge is 2.30. The highest BCUT2D eigenvalue weighted by Crippen LogP contribution is 2.47. The van der Waals surface area contributed by atoms with E-state index in [0.29, 0.717) is 6.42 Å². The molecule has 0 N–H and O–H groups in total. The molecular weight excluding hydrogens is 247 g/mol. The molecule has 0 aliphatic heterocycles. The summed E-state index contributed by atoms with van der Waals surface area (Å²) >= 11 is 0. The molecule has 6 nitrogen and oxygen atoms in total. The van der Waals surface area contributed by atoms with Gasteiger partial charge in [-0.2, -0.15) is 0 Å². The second kappa shape index (κ2) is 6.50. The molecule has 0 heterocycles. The standard InChI is InChI=1S/C10H19O6P/c1-8(11)16-10-5-4-9(6-10)15-7-17(12,13-2)14-3/h9-10H,4-7H2,1-3H3/t9-,10+/m1/s1. The maximum absolute atomic E-state index is 11.7. The van der Waals surface area contributed by atoms with E-state index in [1.165, 1.54) is 21.1 Å². The van der Waals surface area contributed by atoms with Crippen molar-refractivity contribution in [1.29, 1.82) is 0 Å². The van der Waals surface area contributed by atoms with Crippen molar-refractivity contribution in [3.63, 3.8) is 0 Å². The van der Waals surface area contributed by atoms with Crippen LogP contribution in [-0.2, 0) is 27.9 Å². The molecule has 0 aromatic heterocycles. The van der Waals surface area contributed by atoms with Crippen molar-refractivity contribution in [2.75, 3.05) is 20.6 Å². The number of carbonyl (C=O) groups excluding carboxylic acids is 1. The molecule has 100 valence electrons. The Balaban J connectivity index is 2.31. The number of carbonyl (C=O) groups is 1. The Hall–Kier alpha value is -0.420. The van der Waals surface area contributed by atoms with Crippen LogP contribution in [0.1, 0.15) is 26.2 Å². The van der Waals surface area contributed by atoms with E-state index < -0.39 is 7.60 Å². The summed E-state index contributed by atoms with van der Waals surface area (Å²) < 4.78 is 31.8. The van der Waals surface area contributed by atoms with Gasteiger partial charge < -0.3 is 18.5 Å². The Labute approximate surface area is 101 Å². The molecule has 1 rings (SSSR count). The minimum atomic E-state index is -3.11. The molecule has 0 aromatic carbocycles. The van der Waals surface area contributed by atoms with Gasteiger partial charge in [0.05, 0.1) is 6.10 Å². The first-order valence-electron chi connectivity index (χ1n) is 5.48. The molecule has 7 heteroatoms. The van der Waals surface area contributed by atoms with Gasteiger partial charge >= 0.3 is 13.6 Å². The maximum Gasteiger partial charge on any atom is 0.355 e. The first-order chi connectivity index (χ1) is 7.99. The molecule has 1 aliphatic rings. The fourth-order valence-corrected chi connectivity index (χ4v) is 2.52. The van der Waals surface area contributed by atoms with Crippen LogP contribution in [0, 0.1) is 0 Å². The van der Waals surface area contributed by atoms with Gasteiger partial charge in [0, 0.05) is 27.6 Å². The van der Waals surface area contributed by atoms with Crippen LogP contribution in [0.5, 0.6) is 0 Å². The predicted molar refractivity (Wildman–Crippen MR) is 60.8 cm³/mol. The Morgan fingerprint density at radius 3 is 2.35 bits per heavy atom. The zero-order valence-electron chi connectivity index (χ0n) is 10.4. The smallest absolute Gasteiger partial charge is 0.355 e. The van der Waals surface area contributed by atoms with Gasteiger partial charge in [0.2, 0.25) is 0 Å². The van der Waals surface area contributed by atoms with Gasteiger partial charge in [-0.3, -0.25) is 9.36 Å². The molecule has 1 fully saturated rings. The summed E-state index contributed by atoms with van der Waals surface area (Å²) in [4.78, 5) is 10.8. The number of hydrogen-bond acceptors (Lipinski definition) is 6. The van der Waals surface area contributed by atoms with E-state index >= 15 is 0 Å². The molecule has 17 heavy (non-hydrogen) atoms. The Bertz CT molecular complexity index is 297. The lowest BCUT2D eigenvalue weighted by atomic mass is 10.3. The van der Waals surface area contributed by atoms with Crippen LogP contribution in [0.2, 0.25) is 0 Å². The molecule has 0 amide bonds. The number of hydrogen-bond donors (Lipinski definition) is 0. The van der Waals surface area contributed by atoms with E-state index in [0.717, 1.165) is 12.8 Å². The first kappa shape index (κ1) is 14.6. The van der Waals surface area contributed by atoms with Crippen molar-refractivity contribution in [2.45, 2.75) is 38.4 Å². The highest BCUT2D eigenvalue weighted by molar-refractivity contribution is 7.53. The summed E-state index contributed by atoms with van der Waals surface area (Å²) in [5.74, 6) is -0.282. The molecular formula is C10H19O6P. The normalized spacial score (nSPS) is 24.9. The van der Waals surface area contributed by atoms with Crippen molar-refractivity contribution >= 4 is 13.6 Å². The largest absolute Gasteiger partial charge is 0.462 e. The van der Waals surface area contributed by atoms with Crippen LogP contribution in [0.4, 0.5) is 0 Å². The summed E-state index contributed by atoms with van der Waals surface area (Å²) in [6.45, 7) is 1.39. The summed E-state index contributed by atoms with van der Waals surface area (Å²) in [6, 6.07) is 0.